The van der Waals surface area contributed by atoms with E-state index in [4.69, 9.17) is 4.42 Å². The summed E-state index contributed by atoms with van der Waals surface area (Å²) in [5, 5.41) is 8.07. The van der Waals surface area contributed by atoms with Gasteiger partial charge in [-0.2, -0.15) is 0 Å². The zero-order valence-corrected chi connectivity index (χ0v) is 17.8. The van der Waals surface area contributed by atoms with Gasteiger partial charge in [0.05, 0.1) is 24.1 Å². The Bertz CT molecular complexity index is 1150. The first-order chi connectivity index (χ1) is 14.0. The number of allylic oxidation sites excluding steroid dienone is 1. The van der Waals surface area contributed by atoms with E-state index in [-0.39, 0.29) is 12.3 Å². The second kappa shape index (κ2) is 8.18. The first-order valence-electron chi connectivity index (χ1n) is 9.07. The fourth-order valence-electron chi connectivity index (χ4n) is 3.15. The zero-order chi connectivity index (χ0) is 20.4. The molecule has 4 aromatic rings. The quantitative estimate of drug-likeness (QED) is 0.408. The van der Waals surface area contributed by atoms with Crippen LogP contribution < -0.4 is 5.32 Å². The van der Waals surface area contributed by atoms with Crippen LogP contribution in [0.3, 0.4) is 0 Å². The molecule has 0 aliphatic rings. The van der Waals surface area contributed by atoms with Gasteiger partial charge < -0.3 is 14.3 Å². The molecule has 0 aromatic carbocycles. The Balaban J connectivity index is 1.43. The SMILES string of the molecule is C=CCn1c(C)cc(-c2csc(NC(=O)Cc3csc(-c4ccco4)n3)n2)c1C. The Morgan fingerprint density at radius 3 is 2.93 bits per heavy atom. The van der Waals surface area contributed by atoms with Crippen LogP contribution in [-0.2, 0) is 17.8 Å². The summed E-state index contributed by atoms with van der Waals surface area (Å²) >= 11 is 2.88. The molecule has 0 radical (unpaired) electrons. The summed E-state index contributed by atoms with van der Waals surface area (Å²) in [6.45, 7) is 8.72. The fourth-order valence-corrected chi connectivity index (χ4v) is 4.67. The van der Waals surface area contributed by atoms with Gasteiger partial charge in [0, 0.05) is 34.3 Å². The summed E-state index contributed by atoms with van der Waals surface area (Å²) in [6, 6.07) is 5.79. The van der Waals surface area contributed by atoms with Crippen LogP contribution in [0, 0.1) is 13.8 Å². The van der Waals surface area contributed by atoms with Gasteiger partial charge >= 0.3 is 0 Å². The van der Waals surface area contributed by atoms with E-state index in [1.165, 1.54) is 22.7 Å². The average molecular weight is 425 g/mol. The van der Waals surface area contributed by atoms with Crippen LogP contribution in [0.4, 0.5) is 5.13 Å². The number of carbonyl (C=O) groups is 1. The third kappa shape index (κ3) is 4.08. The number of hydrogen-bond donors (Lipinski definition) is 1. The lowest BCUT2D eigenvalue weighted by Crippen LogP contribution is -2.14. The standard InChI is InChI=1S/C21H20N4O2S2/c1-4-7-25-13(2)9-16(14(25)3)17-12-29-21(23-17)24-19(26)10-15-11-28-20(22-15)18-6-5-8-27-18/h4-6,8-9,11-12H,1,7,10H2,2-3H3,(H,23,24,26). The Hall–Kier alpha value is -2.97. The van der Waals surface area contributed by atoms with Crippen LogP contribution >= 0.6 is 22.7 Å². The van der Waals surface area contributed by atoms with Crippen LogP contribution in [0.15, 0.2) is 52.3 Å². The van der Waals surface area contributed by atoms with Gasteiger partial charge in [-0.1, -0.05) is 6.08 Å². The summed E-state index contributed by atoms with van der Waals surface area (Å²) in [5.41, 5.74) is 4.94. The topological polar surface area (TPSA) is 73.0 Å². The largest absolute Gasteiger partial charge is 0.462 e. The summed E-state index contributed by atoms with van der Waals surface area (Å²) < 4.78 is 7.54. The molecule has 1 N–H and O–H groups in total. The molecule has 0 saturated heterocycles. The molecule has 4 aromatic heterocycles. The Morgan fingerprint density at radius 1 is 1.31 bits per heavy atom. The number of thiazole rings is 2. The molecule has 4 rings (SSSR count). The van der Waals surface area contributed by atoms with Crippen LogP contribution in [-0.4, -0.2) is 20.4 Å². The third-order valence-electron chi connectivity index (χ3n) is 4.54. The maximum Gasteiger partial charge on any atom is 0.232 e. The smallest absolute Gasteiger partial charge is 0.232 e. The van der Waals surface area contributed by atoms with Crippen molar-refractivity contribution in [3.8, 4) is 22.0 Å². The number of aryl methyl sites for hydroxylation is 1. The van der Waals surface area contributed by atoms with E-state index in [0.717, 1.165) is 34.2 Å². The second-order valence-electron chi connectivity index (χ2n) is 6.57. The van der Waals surface area contributed by atoms with Crippen molar-refractivity contribution in [2.45, 2.75) is 26.8 Å². The van der Waals surface area contributed by atoms with Crippen molar-refractivity contribution in [2.24, 2.45) is 0 Å². The van der Waals surface area contributed by atoms with Crippen molar-refractivity contribution >= 4 is 33.7 Å². The van der Waals surface area contributed by atoms with Gasteiger partial charge in [0.25, 0.3) is 0 Å². The van der Waals surface area contributed by atoms with Gasteiger partial charge in [0.1, 0.15) is 0 Å². The molecule has 148 valence electrons. The number of nitrogens with one attached hydrogen (secondary N) is 1. The molecule has 4 heterocycles. The second-order valence-corrected chi connectivity index (χ2v) is 8.28. The molecule has 0 saturated carbocycles. The number of aromatic nitrogens is 3. The first-order valence-corrected chi connectivity index (χ1v) is 10.8. The summed E-state index contributed by atoms with van der Waals surface area (Å²) in [7, 11) is 0. The molecule has 6 nitrogen and oxygen atoms in total. The Kier molecular flexibility index (Phi) is 5.46. The van der Waals surface area contributed by atoms with E-state index in [1.807, 2.05) is 29.0 Å². The zero-order valence-electron chi connectivity index (χ0n) is 16.1. The highest BCUT2D eigenvalue weighted by Crippen LogP contribution is 2.30. The van der Waals surface area contributed by atoms with Gasteiger partial charge in [0.15, 0.2) is 15.9 Å². The number of amides is 1. The average Bonchev–Trinajstić information content (AvgIpc) is 3.46. The summed E-state index contributed by atoms with van der Waals surface area (Å²) in [4.78, 5) is 21.5. The summed E-state index contributed by atoms with van der Waals surface area (Å²) in [5.74, 6) is 0.569. The van der Waals surface area contributed by atoms with Gasteiger partial charge in [-0.15, -0.1) is 29.3 Å². The van der Waals surface area contributed by atoms with Crippen molar-refractivity contribution in [1.29, 1.82) is 0 Å². The minimum absolute atomic E-state index is 0.140. The lowest BCUT2D eigenvalue weighted by atomic mass is 10.2. The van der Waals surface area contributed by atoms with Crippen LogP contribution in [0.5, 0.6) is 0 Å². The van der Waals surface area contributed by atoms with Gasteiger partial charge in [0.2, 0.25) is 5.91 Å². The van der Waals surface area contributed by atoms with E-state index in [9.17, 15) is 4.79 Å². The highest BCUT2D eigenvalue weighted by Gasteiger charge is 2.15. The maximum atomic E-state index is 12.4. The Morgan fingerprint density at radius 2 is 2.17 bits per heavy atom. The molecule has 0 fully saturated rings. The predicted molar refractivity (Wildman–Crippen MR) is 117 cm³/mol. The van der Waals surface area contributed by atoms with Crippen molar-refractivity contribution in [2.75, 3.05) is 5.32 Å². The number of furan rings is 1. The molecule has 0 spiro atoms. The molecule has 0 bridgehead atoms. The van der Waals surface area contributed by atoms with E-state index in [2.05, 4.69) is 46.3 Å². The predicted octanol–water partition coefficient (Wildman–Crippen LogP) is 5.31. The fraction of sp³-hybridized carbons (Fsp3) is 0.190. The van der Waals surface area contributed by atoms with E-state index in [1.54, 1.807) is 6.26 Å². The van der Waals surface area contributed by atoms with Crippen molar-refractivity contribution in [3.05, 3.63) is 65.0 Å². The van der Waals surface area contributed by atoms with Crippen LogP contribution in [0.25, 0.3) is 22.0 Å². The van der Waals surface area contributed by atoms with E-state index >= 15 is 0 Å². The minimum atomic E-state index is -0.140. The lowest BCUT2D eigenvalue weighted by Gasteiger charge is -2.05. The molecule has 8 heteroatoms. The number of anilines is 1. The molecule has 0 aliphatic heterocycles. The monoisotopic (exact) mass is 424 g/mol. The molecule has 1 amide bonds. The van der Waals surface area contributed by atoms with Crippen molar-refractivity contribution in [1.82, 2.24) is 14.5 Å². The molecule has 0 unspecified atom stereocenters. The van der Waals surface area contributed by atoms with Crippen molar-refractivity contribution < 1.29 is 9.21 Å². The highest BCUT2D eigenvalue weighted by atomic mass is 32.1. The van der Waals surface area contributed by atoms with E-state index < -0.39 is 0 Å². The highest BCUT2D eigenvalue weighted by molar-refractivity contribution is 7.14. The molecule has 0 atom stereocenters. The Labute approximate surface area is 176 Å². The number of rotatable bonds is 7. The molecule has 0 aliphatic carbocycles. The lowest BCUT2D eigenvalue weighted by molar-refractivity contribution is -0.115. The first kappa shape index (κ1) is 19.4. The summed E-state index contributed by atoms with van der Waals surface area (Å²) in [6.07, 6.45) is 3.68. The third-order valence-corrected chi connectivity index (χ3v) is 6.20. The molecular formula is C21H20N4O2S2. The van der Waals surface area contributed by atoms with Crippen LogP contribution in [0.2, 0.25) is 0 Å². The number of hydrogen-bond acceptors (Lipinski definition) is 6. The number of carbonyl (C=O) groups excluding carboxylic acids is 1. The van der Waals surface area contributed by atoms with Crippen LogP contribution in [0.1, 0.15) is 17.1 Å². The number of nitrogens with zero attached hydrogens (tertiary/aromatic N) is 3. The minimum Gasteiger partial charge on any atom is -0.462 e. The molecular weight excluding hydrogens is 404 g/mol. The molecule has 29 heavy (non-hydrogen) atoms. The van der Waals surface area contributed by atoms with E-state index in [0.29, 0.717) is 16.6 Å². The van der Waals surface area contributed by atoms with Gasteiger partial charge in [-0.3, -0.25) is 4.79 Å². The maximum absolute atomic E-state index is 12.4. The van der Waals surface area contributed by atoms with Crippen molar-refractivity contribution in [3.63, 3.8) is 0 Å². The van der Waals surface area contributed by atoms with Gasteiger partial charge in [-0.05, 0) is 32.0 Å². The van der Waals surface area contributed by atoms with Gasteiger partial charge in [-0.25, -0.2) is 9.97 Å². The normalized spacial score (nSPS) is 11.0.